The zero-order valence-corrected chi connectivity index (χ0v) is 17.4. The van der Waals surface area contributed by atoms with E-state index in [1.807, 2.05) is 44.2 Å². The number of pyridine rings is 1. The third kappa shape index (κ3) is 9.39. The molecule has 1 fully saturated rings. The predicted octanol–water partition coefficient (Wildman–Crippen LogP) is 4.06. The van der Waals surface area contributed by atoms with Gasteiger partial charge < -0.3 is 16.8 Å². The van der Waals surface area contributed by atoms with Crippen molar-refractivity contribution in [3.63, 3.8) is 0 Å². The zero-order chi connectivity index (χ0) is 21.4. The first-order valence-corrected chi connectivity index (χ1v) is 9.49. The molecule has 3 rings (SSSR count). The molecule has 2 aromatic rings. The van der Waals surface area contributed by atoms with Crippen LogP contribution >= 0.6 is 0 Å². The average molecular weight is 388 g/mol. The van der Waals surface area contributed by atoms with E-state index < -0.39 is 5.83 Å². The van der Waals surface area contributed by atoms with Crippen molar-refractivity contribution in [2.75, 3.05) is 13.6 Å². The molecule has 154 valence electrons. The van der Waals surface area contributed by atoms with Crippen LogP contribution in [-0.2, 0) is 0 Å². The fourth-order valence-corrected chi connectivity index (χ4v) is 2.48. The minimum absolute atomic E-state index is 0.453. The Bertz CT molecular complexity index is 743. The zero-order valence-electron chi connectivity index (χ0n) is 17.4. The monoisotopic (exact) mass is 387 g/mol. The Morgan fingerprint density at radius 2 is 2.04 bits per heavy atom. The molecule has 1 aliphatic heterocycles. The number of hydrogen-bond donors (Lipinski definition) is 3. The van der Waals surface area contributed by atoms with Crippen molar-refractivity contribution in [2.24, 2.45) is 16.5 Å². The van der Waals surface area contributed by atoms with E-state index in [4.69, 9.17) is 5.73 Å². The molecule has 1 aromatic carbocycles. The molecule has 2 atom stereocenters. The van der Waals surface area contributed by atoms with E-state index in [2.05, 4.69) is 34.7 Å². The summed E-state index contributed by atoms with van der Waals surface area (Å²) in [6, 6.07) is 10.7. The third-order valence-corrected chi connectivity index (χ3v) is 3.81. The number of nitrogens with two attached hydrogens (primary N) is 2. The molecule has 0 spiro atoms. The van der Waals surface area contributed by atoms with Crippen molar-refractivity contribution in [2.45, 2.75) is 39.3 Å². The van der Waals surface area contributed by atoms with Gasteiger partial charge in [0.25, 0.3) is 0 Å². The SMILES string of the molecule is C=NC1CNC(C)C1.CC.CN.N/C=C(F)/C=C\c1ccc2ncccc2c1. The largest absolute Gasteiger partial charge is 0.402 e. The van der Waals surface area contributed by atoms with Gasteiger partial charge in [0, 0.05) is 30.4 Å². The maximum Gasteiger partial charge on any atom is 0.138 e. The van der Waals surface area contributed by atoms with Crippen LogP contribution in [0.25, 0.3) is 17.0 Å². The Kier molecular flexibility index (Phi) is 14.1. The summed E-state index contributed by atoms with van der Waals surface area (Å²) in [5.41, 5.74) is 11.4. The number of rotatable bonds is 3. The summed E-state index contributed by atoms with van der Waals surface area (Å²) in [5.74, 6) is -0.453. The van der Waals surface area contributed by atoms with E-state index in [1.165, 1.54) is 13.1 Å². The predicted molar refractivity (Wildman–Crippen MR) is 121 cm³/mol. The summed E-state index contributed by atoms with van der Waals surface area (Å²) < 4.78 is 12.8. The van der Waals surface area contributed by atoms with E-state index in [9.17, 15) is 4.39 Å². The molecule has 5 nitrogen and oxygen atoms in total. The number of allylic oxidation sites excluding steroid dienone is 2. The Morgan fingerprint density at radius 3 is 2.57 bits per heavy atom. The lowest BCUT2D eigenvalue weighted by molar-refractivity contribution is 0.658. The van der Waals surface area contributed by atoms with Crippen molar-refractivity contribution in [3.8, 4) is 0 Å². The molecule has 5 N–H and O–H groups in total. The minimum atomic E-state index is -0.453. The molecule has 1 aromatic heterocycles. The molecule has 0 radical (unpaired) electrons. The summed E-state index contributed by atoms with van der Waals surface area (Å²) in [5, 5.41) is 4.32. The highest BCUT2D eigenvalue weighted by atomic mass is 19.1. The van der Waals surface area contributed by atoms with Crippen molar-refractivity contribution < 1.29 is 4.39 Å². The first kappa shape index (κ1) is 25.4. The van der Waals surface area contributed by atoms with Gasteiger partial charge in [0.2, 0.25) is 0 Å². The fourth-order valence-electron chi connectivity index (χ4n) is 2.48. The van der Waals surface area contributed by atoms with Gasteiger partial charge >= 0.3 is 0 Å². The normalized spacial score (nSPS) is 18.3. The first-order chi connectivity index (χ1) is 13.6. The van der Waals surface area contributed by atoms with Crippen molar-refractivity contribution in [1.82, 2.24) is 10.3 Å². The molecule has 0 aliphatic carbocycles. The van der Waals surface area contributed by atoms with Gasteiger partial charge in [-0.2, -0.15) is 0 Å². The summed E-state index contributed by atoms with van der Waals surface area (Å²) >= 11 is 0. The second kappa shape index (κ2) is 15.5. The molecular weight excluding hydrogens is 353 g/mol. The number of halogens is 1. The Morgan fingerprint density at radius 1 is 1.32 bits per heavy atom. The van der Waals surface area contributed by atoms with Crippen LogP contribution in [0.1, 0.15) is 32.8 Å². The fraction of sp³-hybridized carbons (Fsp3) is 0.364. The molecule has 2 heterocycles. The number of fused-ring (bicyclic) bond motifs is 1. The van der Waals surface area contributed by atoms with E-state index in [-0.39, 0.29) is 0 Å². The lowest BCUT2D eigenvalue weighted by atomic mass is 10.1. The highest BCUT2D eigenvalue weighted by Crippen LogP contribution is 2.15. The molecule has 2 unspecified atom stereocenters. The van der Waals surface area contributed by atoms with E-state index in [1.54, 1.807) is 12.3 Å². The standard InChI is InChI=1S/C13H11FN2.C6H12N2.C2H6.CH5N/c14-12(9-15)5-3-10-4-6-13-11(8-10)2-1-7-16-13;1-5-3-6(7-2)4-8-5;2*1-2/h1-9H,15H2;5-6,8H,2-4H2,1H3;1-2H3;2H2,1H3/b5-3-,12-9-;;;. The van der Waals surface area contributed by atoms with Crippen LogP contribution in [0.2, 0.25) is 0 Å². The lowest BCUT2D eigenvalue weighted by Crippen LogP contribution is -2.17. The number of hydrogen-bond acceptors (Lipinski definition) is 5. The van der Waals surface area contributed by atoms with Crippen LogP contribution in [0.5, 0.6) is 0 Å². The lowest BCUT2D eigenvalue weighted by Gasteiger charge is -1.97. The van der Waals surface area contributed by atoms with Gasteiger partial charge in [-0.15, -0.1) is 0 Å². The number of aliphatic imine (C=N–C) groups is 1. The van der Waals surface area contributed by atoms with Gasteiger partial charge in [0.1, 0.15) is 5.83 Å². The van der Waals surface area contributed by atoms with Gasteiger partial charge in [0.15, 0.2) is 0 Å². The molecule has 0 amide bonds. The summed E-state index contributed by atoms with van der Waals surface area (Å²) in [6.45, 7) is 10.7. The number of nitrogens with one attached hydrogen (secondary N) is 1. The summed E-state index contributed by atoms with van der Waals surface area (Å²) in [6.07, 6.45) is 6.83. The van der Waals surface area contributed by atoms with E-state index in [0.29, 0.717) is 12.1 Å². The van der Waals surface area contributed by atoms with Gasteiger partial charge in [-0.05, 0) is 56.9 Å². The summed E-state index contributed by atoms with van der Waals surface area (Å²) in [4.78, 5) is 8.13. The minimum Gasteiger partial charge on any atom is -0.402 e. The molecule has 6 heteroatoms. The number of benzene rings is 1. The second-order valence-corrected chi connectivity index (χ2v) is 5.72. The highest BCUT2D eigenvalue weighted by molar-refractivity contribution is 5.81. The van der Waals surface area contributed by atoms with Crippen LogP contribution in [0.3, 0.4) is 0 Å². The van der Waals surface area contributed by atoms with Crippen molar-refractivity contribution in [1.29, 1.82) is 0 Å². The molecule has 0 saturated carbocycles. The Labute approximate surface area is 168 Å². The number of nitrogens with zero attached hydrogens (tertiary/aromatic N) is 2. The summed E-state index contributed by atoms with van der Waals surface area (Å²) in [7, 11) is 1.50. The topological polar surface area (TPSA) is 89.3 Å². The van der Waals surface area contributed by atoms with Gasteiger partial charge in [0.05, 0.1) is 11.6 Å². The molecule has 0 bridgehead atoms. The second-order valence-electron chi connectivity index (χ2n) is 5.72. The quantitative estimate of drug-likeness (QED) is 0.547. The van der Waals surface area contributed by atoms with E-state index >= 15 is 0 Å². The molecule has 1 aliphatic rings. The molecule has 28 heavy (non-hydrogen) atoms. The maximum absolute atomic E-state index is 12.8. The molecular formula is C22H34FN5. The first-order valence-electron chi connectivity index (χ1n) is 9.49. The van der Waals surface area contributed by atoms with Crippen LogP contribution in [0.15, 0.2) is 59.6 Å². The maximum atomic E-state index is 12.8. The van der Waals surface area contributed by atoms with Crippen LogP contribution < -0.4 is 16.8 Å². The molecule has 1 saturated heterocycles. The van der Waals surface area contributed by atoms with Crippen LogP contribution in [0, 0.1) is 0 Å². The highest BCUT2D eigenvalue weighted by Gasteiger charge is 2.17. The number of aromatic nitrogens is 1. The van der Waals surface area contributed by atoms with Crippen LogP contribution in [-0.4, -0.2) is 37.4 Å². The smallest absolute Gasteiger partial charge is 0.138 e. The van der Waals surface area contributed by atoms with Crippen molar-refractivity contribution in [3.05, 3.63) is 60.2 Å². The van der Waals surface area contributed by atoms with E-state index in [0.717, 1.165) is 35.6 Å². The Hall–Kier alpha value is -2.57. The van der Waals surface area contributed by atoms with Gasteiger partial charge in [-0.3, -0.25) is 9.98 Å². The van der Waals surface area contributed by atoms with Gasteiger partial charge in [-0.1, -0.05) is 32.1 Å². The van der Waals surface area contributed by atoms with Gasteiger partial charge in [-0.25, -0.2) is 4.39 Å². The Balaban J connectivity index is 0.000000511. The average Bonchev–Trinajstić information content (AvgIpc) is 3.20. The van der Waals surface area contributed by atoms with Crippen molar-refractivity contribution >= 4 is 23.7 Å². The van der Waals surface area contributed by atoms with Crippen LogP contribution in [0.4, 0.5) is 4.39 Å². The third-order valence-electron chi connectivity index (χ3n) is 3.81.